The van der Waals surface area contributed by atoms with Crippen LogP contribution in [0.2, 0.25) is 0 Å². The number of aromatic nitrogens is 2. The molecule has 0 saturated carbocycles. The molecule has 1 aromatic heterocycles. The van der Waals surface area contributed by atoms with Crippen molar-refractivity contribution in [1.82, 2.24) is 14.9 Å². The van der Waals surface area contributed by atoms with Crippen molar-refractivity contribution in [2.45, 2.75) is 38.0 Å². The van der Waals surface area contributed by atoms with Gasteiger partial charge in [0.1, 0.15) is 18.0 Å². The number of ether oxygens (including phenoxy) is 2. The van der Waals surface area contributed by atoms with Gasteiger partial charge in [-0.15, -0.1) is 0 Å². The van der Waals surface area contributed by atoms with Gasteiger partial charge >= 0.3 is 0 Å². The highest BCUT2D eigenvalue weighted by Crippen LogP contribution is 2.28. The van der Waals surface area contributed by atoms with Crippen molar-refractivity contribution in [3.63, 3.8) is 0 Å². The van der Waals surface area contributed by atoms with E-state index in [1.807, 2.05) is 17.8 Å². The van der Waals surface area contributed by atoms with E-state index in [9.17, 15) is 4.79 Å². The lowest BCUT2D eigenvalue weighted by molar-refractivity contribution is -0.132. The van der Waals surface area contributed by atoms with Gasteiger partial charge in [0.15, 0.2) is 0 Å². The van der Waals surface area contributed by atoms with E-state index in [-0.39, 0.29) is 30.1 Å². The van der Waals surface area contributed by atoms with Crippen LogP contribution in [-0.2, 0) is 21.3 Å². The van der Waals surface area contributed by atoms with Crippen LogP contribution in [-0.4, -0.2) is 40.8 Å². The second-order valence-corrected chi connectivity index (χ2v) is 5.65. The SMILES string of the molecule is C[C@@H]1CCO[C@H]1C(=O)N[C@H]1CCO[C@@H]1c1nccn1C. The van der Waals surface area contributed by atoms with Gasteiger partial charge in [-0.1, -0.05) is 6.92 Å². The number of aryl methyl sites for hydroxylation is 1. The van der Waals surface area contributed by atoms with Gasteiger partial charge in [0.2, 0.25) is 5.91 Å². The summed E-state index contributed by atoms with van der Waals surface area (Å²) in [5.41, 5.74) is 0. The lowest BCUT2D eigenvalue weighted by Crippen LogP contribution is -2.44. The van der Waals surface area contributed by atoms with Gasteiger partial charge in [0, 0.05) is 32.7 Å². The van der Waals surface area contributed by atoms with E-state index in [1.165, 1.54) is 0 Å². The largest absolute Gasteiger partial charge is 0.368 e. The van der Waals surface area contributed by atoms with Crippen molar-refractivity contribution in [2.24, 2.45) is 13.0 Å². The molecule has 2 saturated heterocycles. The summed E-state index contributed by atoms with van der Waals surface area (Å²) in [4.78, 5) is 16.6. The molecule has 0 aromatic carbocycles. The van der Waals surface area contributed by atoms with Crippen molar-refractivity contribution in [3.8, 4) is 0 Å². The van der Waals surface area contributed by atoms with Gasteiger partial charge in [-0.2, -0.15) is 0 Å². The minimum absolute atomic E-state index is 0.0234. The maximum atomic E-state index is 12.3. The van der Waals surface area contributed by atoms with Crippen LogP contribution < -0.4 is 5.32 Å². The Bertz CT molecular complexity index is 488. The minimum Gasteiger partial charge on any atom is -0.368 e. The third-order valence-electron chi connectivity index (χ3n) is 4.18. The molecule has 20 heavy (non-hydrogen) atoms. The average Bonchev–Trinajstić information content (AvgIpc) is 3.10. The summed E-state index contributed by atoms with van der Waals surface area (Å²) in [7, 11) is 1.94. The zero-order chi connectivity index (χ0) is 14.1. The van der Waals surface area contributed by atoms with Crippen LogP contribution in [0.1, 0.15) is 31.7 Å². The van der Waals surface area contributed by atoms with Gasteiger partial charge < -0.3 is 19.4 Å². The third kappa shape index (κ3) is 2.45. The second kappa shape index (κ2) is 5.54. The zero-order valence-electron chi connectivity index (χ0n) is 11.9. The molecule has 2 fully saturated rings. The molecule has 0 unspecified atom stereocenters. The van der Waals surface area contributed by atoms with Crippen LogP contribution in [0.15, 0.2) is 12.4 Å². The molecule has 4 atom stereocenters. The first-order chi connectivity index (χ1) is 9.66. The molecule has 3 heterocycles. The van der Waals surface area contributed by atoms with Gasteiger partial charge in [-0.3, -0.25) is 4.79 Å². The maximum absolute atomic E-state index is 12.3. The monoisotopic (exact) mass is 279 g/mol. The molecule has 2 aliphatic heterocycles. The maximum Gasteiger partial charge on any atom is 0.249 e. The number of carbonyl (C=O) groups excluding carboxylic acids is 1. The molecule has 3 rings (SSSR count). The number of imidazole rings is 1. The highest BCUT2D eigenvalue weighted by molar-refractivity contribution is 5.81. The van der Waals surface area contributed by atoms with Crippen LogP contribution in [0.5, 0.6) is 0 Å². The summed E-state index contributed by atoms with van der Waals surface area (Å²) in [5, 5.41) is 3.07. The molecule has 6 heteroatoms. The Balaban J connectivity index is 1.67. The molecule has 0 radical (unpaired) electrons. The minimum atomic E-state index is -0.322. The average molecular weight is 279 g/mol. The summed E-state index contributed by atoms with van der Waals surface area (Å²) in [6.45, 7) is 3.37. The van der Waals surface area contributed by atoms with Crippen molar-refractivity contribution in [1.29, 1.82) is 0 Å². The lowest BCUT2D eigenvalue weighted by Gasteiger charge is -2.22. The fourth-order valence-corrected chi connectivity index (χ4v) is 2.94. The smallest absolute Gasteiger partial charge is 0.249 e. The Labute approximate surface area is 118 Å². The van der Waals surface area contributed by atoms with Crippen LogP contribution in [0.3, 0.4) is 0 Å². The molecule has 6 nitrogen and oxygen atoms in total. The Kier molecular flexibility index (Phi) is 3.76. The van der Waals surface area contributed by atoms with E-state index in [4.69, 9.17) is 9.47 Å². The molecular formula is C14H21N3O3. The third-order valence-corrected chi connectivity index (χ3v) is 4.18. The molecule has 0 bridgehead atoms. The number of nitrogens with zero attached hydrogens (tertiary/aromatic N) is 2. The number of hydrogen-bond acceptors (Lipinski definition) is 4. The van der Waals surface area contributed by atoms with E-state index in [2.05, 4.69) is 17.2 Å². The second-order valence-electron chi connectivity index (χ2n) is 5.65. The van der Waals surface area contributed by atoms with Gasteiger partial charge in [-0.25, -0.2) is 4.98 Å². The Morgan fingerprint density at radius 3 is 2.85 bits per heavy atom. The fourth-order valence-electron chi connectivity index (χ4n) is 2.94. The summed E-state index contributed by atoms with van der Waals surface area (Å²) in [5.74, 6) is 1.11. The molecule has 0 aliphatic carbocycles. The quantitative estimate of drug-likeness (QED) is 0.888. The lowest BCUT2D eigenvalue weighted by atomic mass is 10.0. The van der Waals surface area contributed by atoms with E-state index in [1.54, 1.807) is 6.20 Å². The van der Waals surface area contributed by atoms with E-state index in [0.717, 1.165) is 18.7 Å². The first-order valence-corrected chi connectivity index (χ1v) is 7.17. The number of carbonyl (C=O) groups is 1. The van der Waals surface area contributed by atoms with Crippen molar-refractivity contribution in [2.75, 3.05) is 13.2 Å². The normalized spacial score (nSPS) is 33.5. The molecule has 1 amide bonds. The van der Waals surface area contributed by atoms with Crippen molar-refractivity contribution in [3.05, 3.63) is 18.2 Å². The number of amides is 1. The number of hydrogen-bond donors (Lipinski definition) is 1. The van der Waals surface area contributed by atoms with Crippen LogP contribution in [0, 0.1) is 5.92 Å². The molecule has 1 N–H and O–H groups in total. The highest BCUT2D eigenvalue weighted by atomic mass is 16.5. The Morgan fingerprint density at radius 2 is 2.20 bits per heavy atom. The van der Waals surface area contributed by atoms with E-state index >= 15 is 0 Å². The standard InChI is InChI=1S/C14H21N3O3/c1-9-3-7-19-11(9)14(18)16-10-4-8-20-12(10)13-15-5-6-17(13)2/h5-6,9-12H,3-4,7-8H2,1-2H3,(H,16,18)/t9-,10+,11-,12+/m1/s1. The molecule has 110 valence electrons. The van der Waals surface area contributed by atoms with Crippen molar-refractivity contribution >= 4 is 5.91 Å². The summed E-state index contributed by atoms with van der Waals surface area (Å²) in [6.07, 6.45) is 4.90. The van der Waals surface area contributed by atoms with Gasteiger partial charge in [0.25, 0.3) is 0 Å². The van der Waals surface area contributed by atoms with Crippen molar-refractivity contribution < 1.29 is 14.3 Å². The molecule has 2 aliphatic rings. The summed E-state index contributed by atoms with van der Waals surface area (Å²) >= 11 is 0. The topological polar surface area (TPSA) is 65.4 Å². The summed E-state index contributed by atoms with van der Waals surface area (Å²) < 4.78 is 13.2. The first kappa shape index (κ1) is 13.6. The van der Waals surface area contributed by atoms with E-state index < -0.39 is 0 Å². The Hall–Kier alpha value is -1.40. The molecular weight excluding hydrogens is 258 g/mol. The van der Waals surface area contributed by atoms with Crippen LogP contribution in [0.25, 0.3) is 0 Å². The Morgan fingerprint density at radius 1 is 1.40 bits per heavy atom. The van der Waals surface area contributed by atoms with E-state index in [0.29, 0.717) is 13.2 Å². The van der Waals surface area contributed by atoms with Gasteiger partial charge in [-0.05, 0) is 18.8 Å². The van der Waals surface area contributed by atoms with Crippen LogP contribution >= 0.6 is 0 Å². The summed E-state index contributed by atoms with van der Waals surface area (Å²) in [6, 6.07) is -0.0278. The van der Waals surface area contributed by atoms with Gasteiger partial charge in [0.05, 0.1) is 6.04 Å². The number of nitrogens with one attached hydrogen (secondary N) is 1. The predicted octanol–water partition coefficient (Wildman–Crippen LogP) is 0.791. The van der Waals surface area contributed by atoms with Crippen LogP contribution in [0.4, 0.5) is 0 Å². The molecule has 0 spiro atoms. The fraction of sp³-hybridized carbons (Fsp3) is 0.714. The zero-order valence-corrected chi connectivity index (χ0v) is 11.9. The highest BCUT2D eigenvalue weighted by Gasteiger charge is 2.37. The predicted molar refractivity (Wildman–Crippen MR) is 72.0 cm³/mol. The number of rotatable bonds is 3. The molecule has 1 aromatic rings. The first-order valence-electron chi connectivity index (χ1n) is 7.17.